The topological polar surface area (TPSA) is 88.6 Å². The van der Waals surface area contributed by atoms with E-state index in [0.29, 0.717) is 35.1 Å². The number of pyridine rings is 1. The first-order valence-electron chi connectivity index (χ1n) is 10.7. The quantitative estimate of drug-likeness (QED) is 0.589. The molecule has 0 atom stereocenters. The monoisotopic (exact) mass is 431 g/mol. The summed E-state index contributed by atoms with van der Waals surface area (Å²) in [5.41, 5.74) is 3.27. The average molecular weight is 431 g/mol. The number of benzene rings is 2. The van der Waals surface area contributed by atoms with E-state index in [1.807, 2.05) is 38.1 Å². The van der Waals surface area contributed by atoms with Crippen LogP contribution in [0.4, 0.5) is 11.4 Å². The fraction of sp³-hybridized carbons (Fsp3) is 0.280. The van der Waals surface area contributed by atoms with Gasteiger partial charge in [-0.1, -0.05) is 32.0 Å². The number of hydrogen-bond donors (Lipinski definition) is 1. The maximum atomic E-state index is 12.7. The molecular weight excluding hydrogens is 406 g/mol. The van der Waals surface area contributed by atoms with Crippen LogP contribution in [-0.2, 0) is 14.3 Å². The molecule has 164 valence electrons. The largest absolute Gasteiger partial charge is 0.452 e. The summed E-state index contributed by atoms with van der Waals surface area (Å²) >= 11 is 0. The fourth-order valence-electron chi connectivity index (χ4n) is 3.71. The Morgan fingerprint density at radius 1 is 1.12 bits per heavy atom. The van der Waals surface area contributed by atoms with E-state index < -0.39 is 18.5 Å². The highest BCUT2D eigenvalue weighted by molar-refractivity contribution is 6.04. The summed E-state index contributed by atoms with van der Waals surface area (Å²) in [6.45, 7) is 4.32. The lowest BCUT2D eigenvalue weighted by Gasteiger charge is -2.16. The second kappa shape index (κ2) is 9.18. The van der Waals surface area contributed by atoms with Gasteiger partial charge >= 0.3 is 5.97 Å². The zero-order valence-electron chi connectivity index (χ0n) is 18.1. The number of esters is 1. The Labute approximate surface area is 186 Å². The molecule has 7 heteroatoms. The predicted molar refractivity (Wildman–Crippen MR) is 123 cm³/mol. The van der Waals surface area contributed by atoms with Crippen molar-refractivity contribution in [2.24, 2.45) is 0 Å². The summed E-state index contributed by atoms with van der Waals surface area (Å²) in [4.78, 5) is 43.2. The number of nitrogens with zero attached hydrogens (tertiary/aromatic N) is 2. The van der Waals surface area contributed by atoms with Crippen molar-refractivity contribution >= 4 is 40.1 Å². The van der Waals surface area contributed by atoms with E-state index in [1.54, 1.807) is 35.2 Å². The number of amides is 2. The number of para-hydroxylation sites is 1. The second-order valence-electron chi connectivity index (χ2n) is 8.09. The zero-order valence-corrected chi connectivity index (χ0v) is 18.1. The van der Waals surface area contributed by atoms with E-state index in [0.717, 1.165) is 17.8 Å². The highest BCUT2D eigenvalue weighted by Crippen LogP contribution is 2.24. The number of ether oxygens (including phenoxy) is 1. The zero-order chi connectivity index (χ0) is 22.7. The lowest BCUT2D eigenvalue weighted by atomic mass is 10.0. The molecule has 32 heavy (non-hydrogen) atoms. The Morgan fingerprint density at radius 3 is 2.56 bits per heavy atom. The molecular formula is C25H25N3O4. The third-order valence-corrected chi connectivity index (χ3v) is 5.42. The Hall–Kier alpha value is -3.74. The lowest BCUT2D eigenvalue weighted by molar-refractivity contribution is -0.119. The van der Waals surface area contributed by atoms with Gasteiger partial charge in [0.05, 0.1) is 11.1 Å². The van der Waals surface area contributed by atoms with Crippen LogP contribution in [0.25, 0.3) is 10.9 Å². The summed E-state index contributed by atoms with van der Waals surface area (Å²) in [7, 11) is 0. The summed E-state index contributed by atoms with van der Waals surface area (Å²) in [5, 5.41) is 3.40. The highest BCUT2D eigenvalue weighted by Gasteiger charge is 2.21. The fourth-order valence-corrected chi connectivity index (χ4v) is 3.71. The van der Waals surface area contributed by atoms with Crippen molar-refractivity contribution in [2.75, 3.05) is 23.4 Å². The minimum absolute atomic E-state index is 0.109. The molecule has 1 aromatic heterocycles. The molecule has 3 aromatic rings. The summed E-state index contributed by atoms with van der Waals surface area (Å²) in [5.74, 6) is -0.749. The molecule has 0 radical (unpaired) electrons. The first-order valence-corrected chi connectivity index (χ1v) is 10.7. The van der Waals surface area contributed by atoms with E-state index in [1.165, 1.54) is 0 Å². The minimum Gasteiger partial charge on any atom is -0.452 e. The van der Waals surface area contributed by atoms with Gasteiger partial charge in [-0.2, -0.15) is 0 Å². The summed E-state index contributed by atoms with van der Waals surface area (Å²) < 4.78 is 5.29. The SMILES string of the molecule is CC(C)c1cc(C(=O)OCC(=O)Nc2ccc(N3CCCC3=O)cc2)c2ccccc2n1. The molecule has 1 N–H and O–H groups in total. The van der Waals surface area contributed by atoms with Gasteiger partial charge in [0, 0.05) is 35.4 Å². The van der Waals surface area contributed by atoms with Gasteiger partial charge in [-0.05, 0) is 48.7 Å². The van der Waals surface area contributed by atoms with Gasteiger partial charge in [0.1, 0.15) is 0 Å². The van der Waals surface area contributed by atoms with E-state index in [2.05, 4.69) is 10.3 Å². The number of aromatic nitrogens is 1. The maximum absolute atomic E-state index is 12.7. The van der Waals surface area contributed by atoms with Crippen LogP contribution in [0.1, 0.15) is 48.7 Å². The number of carbonyl (C=O) groups is 3. The molecule has 1 fully saturated rings. The number of fused-ring (bicyclic) bond motifs is 1. The number of rotatable bonds is 6. The van der Waals surface area contributed by atoms with Gasteiger partial charge in [0.25, 0.3) is 5.91 Å². The molecule has 0 bridgehead atoms. The molecule has 2 aromatic carbocycles. The molecule has 4 rings (SSSR count). The van der Waals surface area contributed by atoms with Crippen molar-refractivity contribution in [2.45, 2.75) is 32.6 Å². The molecule has 2 heterocycles. The molecule has 0 unspecified atom stereocenters. The molecule has 0 spiro atoms. The van der Waals surface area contributed by atoms with Crippen molar-refractivity contribution < 1.29 is 19.1 Å². The number of anilines is 2. The Balaban J connectivity index is 1.40. The van der Waals surface area contributed by atoms with Gasteiger partial charge in [0.15, 0.2) is 6.61 Å². The van der Waals surface area contributed by atoms with Gasteiger partial charge in [-0.15, -0.1) is 0 Å². The van der Waals surface area contributed by atoms with Crippen LogP contribution >= 0.6 is 0 Å². The summed E-state index contributed by atoms with van der Waals surface area (Å²) in [6.07, 6.45) is 1.42. The molecule has 1 saturated heterocycles. The van der Waals surface area contributed by atoms with Crippen molar-refractivity contribution in [3.05, 3.63) is 65.9 Å². The van der Waals surface area contributed by atoms with E-state index in [9.17, 15) is 14.4 Å². The first kappa shape index (κ1) is 21.5. The maximum Gasteiger partial charge on any atom is 0.339 e. The van der Waals surface area contributed by atoms with Gasteiger partial charge in [-0.3, -0.25) is 14.6 Å². The van der Waals surface area contributed by atoms with Crippen molar-refractivity contribution in [3.63, 3.8) is 0 Å². The van der Waals surface area contributed by atoms with Crippen LogP contribution in [0.5, 0.6) is 0 Å². The normalized spacial score (nSPS) is 13.6. The van der Waals surface area contributed by atoms with Crippen LogP contribution < -0.4 is 10.2 Å². The van der Waals surface area contributed by atoms with Crippen LogP contribution in [-0.4, -0.2) is 35.9 Å². The summed E-state index contributed by atoms with van der Waals surface area (Å²) in [6, 6.07) is 16.1. The number of carbonyl (C=O) groups excluding carboxylic acids is 3. The Bertz CT molecular complexity index is 1170. The van der Waals surface area contributed by atoms with E-state index in [4.69, 9.17) is 4.74 Å². The minimum atomic E-state index is -0.566. The molecule has 7 nitrogen and oxygen atoms in total. The number of hydrogen-bond acceptors (Lipinski definition) is 5. The Kier molecular flexibility index (Phi) is 6.16. The molecule has 2 amide bonds. The van der Waals surface area contributed by atoms with Crippen LogP contribution in [0, 0.1) is 0 Å². The van der Waals surface area contributed by atoms with Crippen molar-refractivity contribution in [1.82, 2.24) is 4.98 Å². The molecule has 0 saturated carbocycles. The third-order valence-electron chi connectivity index (χ3n) is 5.42. The highest BCUT2D eigenvalue weighted by atomic mass is 16.5. The van der Waals surface area contributed by atoms with Crippen LogP contribution in [0.2, 0.25) is 0 Å². The van der Waals surface area contributed by atoms with E-state index in [-0.39, 0.29) is 11.8 Å². The van der Waals surface area contributed by atoms with Crippen LogP contribution in [0.15, 0.2) is 54.6 Å². The standard InChI is InChI=1S/C25H25N3O4/c1-16(2)22-14-20(19-6-3-4-7-21(19)27-22)25(31)32-15-23(29)26-17-9-11-18(12-10-17)28-13-5-8-24(28)30/h3-4,6-7,9-12,14,16H,5,8,13,15H2,1-2H3,(H,26,29). The predicted octanol–water partition coefficient (Wildman–Crippen LogP) is 4.28. The van der Waals surface area contributed by atoms with Crippen LogP contribution in [0.3, 0.4) is 0 Å². The number of nitrogens with one attached hydrogen (secondary N) is 1. The van der Waals surface area contributed by atoms with Gasteiger partial charge in [0.2, 0.25) is 5.91 Å². The second-order valence-corrected chi connectivity index (χ2v) is 8.09. The smallest absolute Gasteiger partial charge is 0.339 e. The average Bonchev–Trinajstić information content (AvgIpc) is 3.23. The van der Waals surface area contributed by atoms with Crippen molar-refractivity contribution in [1.29, 1.82) is 0 Å². The molecule has 1 aliphatic heterocycles. The Morgan fingerprint density at radius 2 is 1.88 bits per heavy atom. The lowest BCUT2D eigenvalue weighted by Crippen LogP contribution is -2.24. The van der Waals surface area contributed by atoms with E-state index >= 15 is 0 Å². The first-order chi connectivity index (χ1) is 15.4. The molecule has 0 aliphatic carbocycles. The molecule has 1 aliphatic rings. The third kappa shape index (κ3) is 4.61. The van der Waals surface area contributed by atoms with Gasteiger partial charge < -0.3 is 15.0 Å². The van der Waals surface area contributed by atoms with Gasteiger partial charge in [-0.25, -0.2) is 4.79 Å². The van der Waals surface area contributed by atoms with Crippen molar-refractivity contribution in [3.8, 4) is 0 Å².